The van der Waals surface area contributed by atoms with E-state index in [1.54, 1.807) is 0 Å². The van der Waals surface area contributed by atoms with E-state index in [2.05, 4.69) is 9.47 Å². The van der Waals surface area contributed by atoms with E-state index in [0.29, 0.717) is 19.5 Å². The van der Waals surface area contributed by atoms with Gasteiger partial charge in [-0.3, -0.25) is 9.59 Å². The van der Waals surface area contributed by atoms with Gasteiger partial charge in [-0.15, -0.1) is 0 Å². The normalized spacial score (nSPS) is 12.2. The molecule has 0 saturated heterocycles. The lowest BCUT2D eigenvalue weighted by Crippen LogP contribution is -2.31. The maximum Gasteiger partial charge on any atom is 0.293 e. The average molecular weight is 175 g/mol. The molecule has 0 spiro atoms. The van der Waals surface area contributed by atoms with Gasteiger partial charge in [-0.05, 0) is 14.1 Å². The van der Waals surface area contributed by atoms with Crippen molar-refractivity contribution in [3.05, 3.63) is 0 Å². The highest BCUT2D eigenvalue weighted by molar-refractivity contribution is 5.38. The second kappa shape index (κ2) is 6.60. The molecule has 0 amide bonds. The van der Waals surface area contributed by atoms with Crippen LogP contribution in [0.15, 0.2) is 0 Å². The Bertz CT molecular complexity index is 137. The second-order valence-corrected chi connectivity index (χ2v) is 2.55. The molecule has 0 saturated carbocycles. The predicted molar refractivity (Wildman–Crippen MR) is 41.5 cm³/mol. The first-order valence-electron chi connectivity index (χ1n) is 3.49. The van der Waals surface area contributed by atoms with Gasteiger partial charge in [0.15, 0.2) is 0 Å². The van der Waals surface area contributed by atoms with Crippen molar-refractivity contribution >= 4 is 12.9 Å². The van der Waals surface area contributed by atoms with E-state index < -0.39 is 0 Å². The Kier molecular flexibility index (Phi) is 6.00. The van der Waals surface area contributed by atoms with Crippen LogP contribution in [-0.2, 0) is 19.1 Å². The minimum absolute atomic E-state index is 0.0976. The molecule has 0 rings (SSSR count). The van der Waals surface area contributed by atoms with Crippen molar-refractivity contribution in [2.75, 3.05) is 27.2 Å². The van der Waals surface area contributed by atoms with Gasteiger partial charge < -0.3 is 14.4 Å². The van der Waals surface area contributed by atoms with Gasteiger partial charge in [0.25, 0.3) is 12.9 Å². The van der Waals surface area contributed by atoms with Crippen molar-refractivity contribution < 1.29 is 19.1 Å². The summed E-state index contributed by atoms with van der Waals surface area (Å²) in [6.45, 7) is 1.31. The zero-order chi connectivity index (χ0) is 9.40. The van der Waals surface area contributed by atoms with Crippen LogP contribution >= 0.6 is 0 Å². The molecule has 1 atom stereocenters. The molecule has 0 fully saturated rings. The lowest BCUT2D eigenvalue weighted by Gasteiger charge is -2.17. The topological polar surface area (TPSA) is 55.8 Å². The van der Waals surface area contributed by atoms with Crippen molar-refractivity contribution in [1.82, 2.24) is 4.90 Å². The van der Waals surface area contributed by atoms with Gasteiger partial charge in [0.2, 0.25) is 0 Å². The van der Waals surface area contributed by atoms with E-state index in [1.807, 2.05) is 19.0 Å². The highest BCUT2D eigenvalue weighted by atomic mass is 16.6. The van der Waals surface area contributed by atoms with Crippen LogP contribution in [0.25, 0.3) is 0 Å². The number of carbonyl (C=O) groups is 2. The molecule has 0 radical (unpaired) electrons. The first-order chi connectivity index (χ1) is 5.70. The zero-order valence-electron chi connectivity index (χ0n) is 7.23. The molecular formula is C7H13NO4. The fourth-order valence-corrected chi connectivity index (χ4v) is 0.767. The number of rotatable bonds is 7. The van der Waals surface area contributed by atoms with Gasteiger partial charge in [0.1, 0.15) is 12.7 Å². The Labute approximate surface area is 71.2 Å². The SMILES string of the molecule is CN(C)CC(COC=O)OC=O. The monoisotopic (exact) mass is 175 g/mol. The molecule has 0 aromatic rings. The Balaban J connectivity index is 3.68. The first kappa shape index (κ1) is 10.9. The molecule has 0 aliphatic rings. The van der Waals surface area contributed by atoms with Crippen LogP contribution in [-0.4, -0.2) is 51.2 Å². The molecule has 0 aliphatic heterocycles. The quantitative estimate of drug-likeness (QED) is 0.477. The third kappa shape index (κ3) is 5.67. The van der Waals surface area contributed by atoms with Crippen LogP contribution in [0.2, 0.25) is 0 Å². The lowest BCUT2D eigenvalue weighted by molar-refractivity contribution is -0.143. The number of hydrogen-bond donors (Lipinski definition) is 0. The summed E-state index contributed by atoms with van der Waals surface area (Å²) in [5.41, 5.74) is 0. The molecule has 0 aromatic carbocycles. The highest BCUT2D eigenvalue weighted by Crippen LogP contribution is 1.92. The molecule has 5 heteroatoms. The van der Waals surface area contributed by atoms with E-state index in [-0.39, 0.29) is 12.7 Å². The number of ether oxygens (including phenoxy) is 2. The van der Waals surface area contributed by atoms with E-state index in [4.69, 9.17) is 0 Å². The largest absolute Gasteiger partial charge is 0.464 e. The molecule has 0 heterocycles. The number of likely N-dealkylation sites (N-methyl/N-ethyl adjacent to an activating group) is 1. The van der Waals surface area contributed by atoms with Crippen LogP contribution in [0, 0.1) is 0 Å². The predicted octanol–water partition coefficient (Wildman–Crippen LogP) is -0.737. The second-order valence-electron chi connectivity index (χ2n) is 2.55. The fraction of sp³-hybridized carbons (Fsp3) is 0.714. The Morgan fingerprint density at radius 3 is 2.42 bits per heavy atom. The maximum absolute atomic E-state index is 9.98. The van der Waals surface area contributed by atoms with Gasteiger partial charge in [-0.1, -0.05) is 0 Å². The molecule has 12 heavy (non-hydrogen) atoms. The Morgan fingerprint density at radius 1 is 1.33 bits per heavy atom. The van der Waals surface area contributed by atoms with Crippen molar-refractivity contribution in [3.63, 3.8) is 0 Å². The highest BCUT2D eigenvalue weighted by Gasteiger charge is 2.10. The summed E-state index contributed by atoms with van der Waals surface area (Å²) in [7, 11) is 3.67. The standard InChI is InChI=1S/C7H13NO4/c1-8(2)3-7(12-6-10)4-11-5-9/h5-7H,3-4H2,1-2H3. The summed E-state index contributed by atoms with van der Waals surface area (Å²) >= 11 is 0. The molecule has 70 valence electrons. The average Bonchev–Trinajstić information content (AvgIpc) is 2.00. The van der Waals surface area contributed by atoms with Crippen LogP contribution in [0.4, 0.5) is 0 Å². The van der Waals surface area contributed by atoms with Crippen LogP contribution in [0.5, 0.6) is 0 Å². The number of nitrogens with zero attached hydrogens (tertiary/aromatic N) is 1. The summed E-state index contributed by atoms with van der Waals surface area (Å²) in [6, 6.07) is 0. The van der Waals surface area contributed by atoms with Gasteiger partial charge >= 0.3 is 0 Å². The van der Waals surface area contributed by atoms with E-state index in [1.165, 1.54) is 0 Å². The maximum atomic E-state index is 9.98. The van der Waals surface area contributed by atoms with Crippen molar-refractivity contribution in [2.24, 2.45) is 0 Å². The number of hydrogen-bond acceptors (Lipinski definition) is 5. The molecule has 5 nitrogen and oxygen atoms in total. The van der Waals surface area contributed by atoms with Crippen LogP contribution in [0.1, 0.15) is 0 Å². The summed E-state index contributed by atoms with van der Waals surface area (Å²) in [4.78, 5) is 21.6. The first-order valence-corrected chi connectivity index (χ1v) is 3.49. The van der Waals surface area contributed by atoms with Crippen molar-refractivity contribution in [1.29, 1.82) is 0 Å². The third-order valence-electron chi connectivity index (χ3n) is 1.17. The minimum Gasteiger partial charge on any atom is -0.464 e. The summed E-state index contributed by atoms with van der Waals surface area (Å²) in [5.74, 6) is 0. The molecular weight excluding hydrogens is 162 g/mol. The fourth-order valence-electron chi connectivity index (χ4n) is 0.767. The van der Waals surface area contributed by atoms with Crippen molar-refractivity contribution in [2.45, 2.75) is 6.10 Å². The summed E-state index contributed by atoms with van der Waals surface area (Å²) in [6.07, 6.45) is -0.386. The summed E-state index contributed by atoms with van der Waals surface area (Å²) in [5, 5.41) is 0. The van der Waals surface area contributed by atoms with Crippen LogP contribution in [0.3, 0.4) is 0 Å². The Hall–Kier alpha value is -1.10. The molecule has 0 N–H and O–H groups in total. The molecule has 1 unspecified atom stereocenters. The van der Waals surface area contributed by atoms with Gasteiger partial charge in [-0.25, -0.2) is 0 Å². The van der Waals surface area contributed by atoms with Crippen LogP contribution < -0.4 is 0 Å². The third-order valence-corrected chi connectivity index (χ3v) is 1.17. The van der Waals surface area contributed by atoms with E-state index >= 15 is 0 Å². The smallest absolute Gasteiger partial charge is 0.293 e. The van der Waals surface area contributed by atoms with Gasteiger partial charge in [0, 0.05) is 6.54 Å². The minimum atomic E-state index is -0.386. The van der Waals surface area contributed by atoms with Crippen molar-refractivity contribution in [3.8, 4) is 0 Å². The zero-order valence-corrected chi connectivity index (χ0v) is 7.23. The van der Waals surface area contributed by atoms with E-state index in [9.17, 15) is 9.59 Å². The van der Waals surface area contributed by atoms with Gasteiger partial charge in [-0.2, -0.15) is 0 Å². The molecule has 0 aromatic heterocycles. The molecule has 0 bridgehead atoms. The Morgan fingerprint density at radius 2 is 2.00 bits per heavy atom. The lowest BCUT2D eigenvalue weighted by atomic mass is 10.3. The van der Waals surface area contributed by atoms with Gasteiger partial charge in [0.05, 0.1) is 0 Å². The summed E-state index contributed by atoms with van der Waals surface area (Å²) < 4.78 is 9.11. The number of carbonyl (C=O) groups excluding carboxylic acids is 2. The van der Waals surface area contributed by atoms with E-state index in [0.717, 1.165) is 0 Å². The molecule has 0 aliphatic carbocycles.